The topological polar surface area (TPSA) is 77.0 Å². The van der Waals surface area contributed by atoms with Gasteiger partial charge in [-0.25, -0.2) is 0 Å². The number of benzene rings is 1. The summed E-state index contributed by atoms with van der Waals surface area (Å²) in [6, 6.07) is 7.50. The molecule has 152 valence electrons. The van der Waals surface area contributed by atoms with Crippen molar-refractivity contribution in [1.29, 1.82) is 0 Å². The van der Waals surface area contributed by atoms with Crippen LogP contribution in [0.3, 0.4) is 0 Å². The van der Waals surface area contributed by atoms with E-state index in [0.717, 1.165) is 24.2 Å². The van der Waals surface area contributed by atoms with E-state index in [-0.39, 0.29) is 17.9 Å². The van der Waals surface area contributed by atoms with Crippen molar-refractivity contribution in [2.24, 2.45) is 5.92 Å². The van der Waals surface area contributed by atoms with Crippen molar-refractivity contribution in [3.8, 4) is 5.75 Å². The Morgan fingerprint density at radius 2 is 1.93 bits per heavy atom. The number of hydrogen-bond acceptors (Lipinski definition) is 5. The molecule has 2 N–H and O–H groups in total. The summed E-state index contributed by atoms with van der Waals surface area (Å²) < 4.78 is 16.9. The lowest BCUT2D eigenvalue weighted by molar-refractivity contribution is -0.135. The van der Waals surface area contributed by atoms with E-state index in [1.54, 1.807) is 0 Å². The number of carbonyl (C=O) groups is 1. The van der Waals surface area contributed by atoms with Crippen LogP contribution < -0.4 is 10.1 Å². The molecule has 1 aromatic carbocycles. The number of nitrogens with one attached hydrogen (secondary N) is 1. The van der Waals surface area contributed by atoms with Gasteiger partial charge < -0.3 is 24.6 Å². The lowest BCUT2D eigenvalue weighted by atomic mass is 10.0. The molecule has 1 unspecified atom stereocenters. The molecule has 0 aromatic heterocycles. The Morgan fingerprint density at radius 1 is 1.26 bits per heavy atom. The number of aliphatic hydroxyl groups is 1. The molecule has 2 atom stereocenters. The third-order valence-electron chi connectivity index (χ3n) is 4.45. The molecule has 1 aliphatic heterocycles. The summed E-state index contributed by atoms with van der Waals surface area (Å²) >= 11 is 0. The molecular weight excluding hydrogens is 346 g/mol. The summed E-state index contributed by atoms with van der Waals surface area (Å²) in [7, 11) is 0. The summed E-state index contributed by atoms with van der Waals surface area (Å²) in [5.41, 5.74) is 1.04. The molecule has 1 saturated heterocycles. The third kappa shape index (κ3) is 7.48. The quantitative estimate of drug-likeness (QED) is 0.578. The lowest BCUT2D eigenvalue weighted by Gasteiger charge is -2.25. The average Bonchev–Trinajstić information content (AvgIpc) is 3.17. The number of carbonyl (C=O) groups excluding carboxylic acids is 1. The summed E-state index contributed by atoms with van der Waals surface area (Å²) in [6.45, 7) is 7.81. The zero-order valence-electron chi connectivity index (χ0n) is 16.6. The highest BCUT2D eigenvalue weighted by Crippen LogP contribution is 2.18. The van der Waals surface area contributed by atoms with Gasteiger partial charge >= 0.3 is 0 Å². The van der Waals surface area contributed by atoms with Gasteiger partial charge in [-0.15, -0.1) is 0 Å². The molecule has 6 heteroatoms. The molecule has 2 rings (SSSR count). The lowest BCUT2D eigenvalue weighted by Crippen LogP contribution is -2.49. The van der Waals surface area contributed by atoms with E-state index < -0.39 is 12.4 Å². The first kappa shape index (κ1) is 21.7. The van der Waals surface area contributed by atoms with Crippen LogP contribution in [0.1, 0.15) is 45.6 Å². The molecule has 1 amide bonds. The molecular formula is C21H33NO5. The van der Waals surface area contributed by atoms with Gasteiger partial charge in [-0.3, -0.25) is 4.79 Å². The normalized spacial score (nSPS) is 17.1. The van der Waals surface area contributed by atoms with Crippen molar-refractivity contribution in [2.45, 2.75) is 64.9 Å². The summed E-state index contributed by atoms with van der Waals surface area (Å²) in [6.07, 6.45) is 1.59. The SMILES string of the molecule is CCCCOc1ccc(C[C@H](NC(=O)C(O)CC(C)C)C2OCCO2)cc1. The van der Waals surface area contributed by atoms with Crippen LogP contribution in [-0.2, 0) is 20.7 Å². The number of hydrogen-bond donors (Lipinski definition) is 2. The number of aliphatic hydroxyl groups excluding tert-OH is 1. The van der Waals surface area contributed by atoms with E-state index in [1.807, 2.05) is 38.1 Å². The fraction of sp³-hybridized carbons (Fsp3) is 0.667. The van der Waals surface area contributed by atoms with Crippen molar-refractivity contribution in [3.05, 3.63) is 29.8 Å². The Morgan fingerprint density at radius 3 is 2.52 bits per heavy atom. The minimum atomic E-state index is -1.02. The predicted octanol–water partition coefficient (Wildman–Crippen LogP) is 2.67. The minimum Gasteiger partial charge on any atom is -0.494 e. The van der Waals surface area contributed by atoms with Gasteiger partial charge in [0.25, 0.3) is 0 Å². The second kappa shape index (κ2) is 11.3. The highest BCUT2D eigenvalue weighted by molar-refractivity contribution is 5.80. The Labute approximate surface area is 162 Å². The first-order valence-corrected chi connectivity index (χ1v) is 9.93. The van der Waals surface area contributed by atoms with Gasteiger partial charge in [0.05, 0.1) is 25.9 Å². The van der Waals surface area contributed by atoms with Crippen LogP contribution in [0.5, 0.6) is 5.75 Å². The highest BCUT2D eigenvalue weighted by atomic mass is 16.7. The van der Waals surface area contributed by atoms with E-state index >= 15 is 0 Å². The maximum Gasteiger partial charge on any atom is 0.249 e. The molecule has 1 aliphatic rings. The molecule has 0 bridgehead atoms. The van der Waals surface area contributed by atoms with Crippen LogP contribution in [0.4, 0.5) is 0 Å². The molecule has 0 radical (unpaired) electrons. The number of rotatable bonds is 11. The van der Waals surface area contributed by atoms with E-state index in [1.165, 1.54) is 0 Å². The van der Waals surface area contributed by atoms with E-state index in [9.17, 15) is 9.90 Å². The van der Waals surface area contributed by atoms with Gasteiger partial charge in [0.1, 0.15) is 11.9 Å². The number of ether oxygens (including phenoxy) is 3. The molecule has 1 aromatic rings. The van der Waals surface area contributed by atoms with Crippen LogP contribution in [-0.4, -0.2) is 49.3 Å². The number of unbranched alkanes of at least 4 members (excludes halogenated alkanes) is 1. The van der Waals surface area contributed by atoms with Crippen molar-refractivity contribution in [1.82, 2.24) is 5.32 Å². The zero-order valence-corrected chi connectivity index (χ0v) is 16.6. The largest absolute Gasteiger partial charge is 0.494 e. The molecule has 0 aliphatic carbocycles. The van der Waals surface area contributed by atoms with Crippen LogP contribution in [0.2, 0.25) is 0 Å². The smallest absolute Gasteiger partial charge is 0.249 e. The van der Waals surface area contributed by atoms with Gasteiger partial charge in [0, 0.05) is 0 Å². The first-order chi connectivity index (χ1) is 13.0. The Hall–Kier alpha value is -1.63. The van der Waals surface area contributed by atoms with Crippen molar-refractivity contribution >= 4 is 5.91 Å². The standard InChI is InChI=1S/C21H33NO5/c1-4-5-10-25-17-8-6-16(7-9-17)14-18(21-26-11-12-27-21)22-20(24)19(23)13-15(2)3/h6-9,15,18-19,21,23H,4-5,10-14H2,1-3H3,(H,22,24)/t18-,19?/m0/s1. The Balaban J connectivity index is 1.96. The minimum absolute atomic E-state index is 0.239. The van der Waals surface area contributed by atoms with Crippen molar-refractivity contribution in [2.75, 3.05) is 19.8 Å². The molecule has 27 heavy (non-hydrogen) atoms. The monoisotopic (exact) mass is 379 g/mol. The van der Waals surface area contributed by atoms with Gasteiger partial charge in [0.2, 0.25) is 5.91 Å². The third-order valence-corrected chi connectivity index (χ3v) is 4.45. The predicted molar refractivity (Wildman–Crippen MR) is 104 cm³/mol. The Bertz CT molecular complexity index is 554. The number of amides is 1. The molecule has 0 spiro atoms. The summed E-state index contributed by atoms with van der Waals surface area (Å²) in [5, 5.41) is 13.0. The highest BCUT2D eigenvalue weighted by Gasteiger charge is 2.30. The van der Waals surface area contributed by atoms with E-state index in [4.69, 9.17) is 14.2 Å². The molecule has 1 fully saturated rings. The van der Waals surface area contributed by atoms with E-state index in [0.29, 0.717) is 32.7 Å². The molecule has 6 nitrogen and oxygen atoms in total. The maximum absolute atomic E-state index is 12.3. The molecule has 0 saturated carbocycles. The van der Waals surface area contributed by atoms with Gasteiger partial charge in [-0.05, 0) is 42.9 Å². The van der Waals surface area contributed by atoms with Crippen LogP contribution in [0, 0.1) is 5.92 Å². The van der Waals surface area contributed by atoms with Crippen molar-refractivity contribution < 1.29 is 24.1 Å². The van der Waals surface area contributed by atoms with Crippen LogP contribution in [0.15, 0.2) is 24.3 Å². The fourth-order valence-corrected chi connectivity index (χ4v) is 2.97. The summed E-state index contributed by atoms with van der Waals surface area (Å²) in [5.74, 6) is 0.698. The van der Waals surface area contributed by atoms with Crippen LogP contribution in [0.25, 0.3) is 0 Å². The second-order valence-corrected chi connectivity index (χ2v) is 7.42. The first-order valence-electron chi connectivity index (χ1n) is 9.93. The molecule has 1 heterocycles. The van der Waals surface area contributed by atoms with Gasteiger partial charge in [-0.2, -0.15) is 0 Å². The maximum atomic E-state index is 12.3. The average molecular weight is 379 g/mol. The fourth-order valence-electron chi connectivity index (χ4n) is 2.97. The second-order valence-electron chi connectivity index (χ2n) is 7.42. The summed E-state index contributed by atoms with van der Waals surface area (Å²) in [4.78, 5) is 12.3. The van der Waals surface area contributed by atoms with Crippen molar-refractivity contribution in [3.63, 3.8) is 0 Å². The Kier molecular flexibility index (Phi) is 9.04. The van der Waals surface area contributed by atoms with E-state index in [2.05, 4.69) is 12.2 Å². The van der Waals surface area contributed by atoms with Gasteiger partial charge in [0.15, 0.2) is 6.29 Å². The van der Waals surface area contributed by atoms with Gasteiger partial charge in [-0.1, -0.05) is 39.3 Å². The van der Waals surface area contributed by atoms with Crippen LogP contribution >= 0.6 is 0 Å². The zero-order chi connectivity index (χ0) is 19.6.